The van der Waals surface area contributed by atoms with Crippen molar-refractivity contribution in [3.8, 4) is 5.75 Å². The van der Waals surface area contributed by atoms with E-state index < -0.39 is 4.92 Å². The number of halogens is 2. The van der Waals surface area contributed by atoms with Crippen LogP contribution in [0.25, 0.3) is 0 Å². The molecule has 7 heteroatoms. The van der Waals surface area contributed by atoms with Gasteiger partial charge >= 0.3 is 0 Å². The molecule has 0 saturated heterocycles. The number of ether oxygens (including phenoxy) is 1. The predicted molar refractivity (Wildman–Crippen MR) is 86.1 cm³/mol. The molecule has 0 heterocycles. The third kappa shape index (κ3) is 3.86. The van der Waals surface area contributed by atoms with E-state index >= 15 is 0 Å². The minimum Gasteiger partial charge on any atom is -0.495 e. The minimum absolute atomic E-state index is 0.0444. The van der Waals surface area contributed by atoms with E-state index in [1.807, 2.05) is 12.1 Å². The highest BCUT2D eigenvalue weighted by Crippen LogP contribution is 2.28. The maximum absolute atomic E-state index is 10.9. The van der Waals surface area contributed by atoms with E-state index in [1.165, 1.54) is 6.07 Å². The lowest BCUT2D eigenvalue weighted by Gasteiger charge is -2.09. The van der Waals surface area contributed by atoms with Crippen molar-refractivity contribution in [1.82, 2.24) is 0 Å². The molecule has 0 amide bonds. The normalized spacial score (nSPS) is 10.2. The number of anilines is 1. The van der Waals surface area contributed by atoms with Gasteiger partial charge in [0.25, 0.3) is 5.69 Å². The molecule has 0 spiro atoms. The van der Waals surface area contributed by atoms with Crippen molar-refractivity contribution in [1.29, 1.82) is 0 Å². The molecule has 1 N–H and O–H groups in total. The molecule has 2 aromatic carbocycles. The summed E-state index contributed by atoms with van der Waals surface area (Å²) in [6.45, 7) is 0.457. The Kier molecular flexibility index (Phi) is 5.03. The third-order valence-electron chi connectivity index (χ3n) is 2.85. The Bertz CT molecular complexity index is 679. The van der Waals surface area contributed by atoms with E-state index in [-0.39, 0.29) is 5.69 Å². The summed E-state index contributed by atoms with van der Waals surface area (Å²) in [7, 11) is 1.54. The molecule has 21 heavy (non-hydrogen) atoms. The van der Waals surface area contributed by atoms with E-state index in [9.17, 15) is 10.1 Å². The van der Waals surface area contributed by atoms with Crippen molar-refractivity contribution in [2.24, 2.45) is 0 Å². The molecular formula is C14H12BrClN2O3. The highest BCUT2D eigenvalue weighted by Gasteiger charge is 2.12. The summed E-state index contributed by atoms with van der Waals surface area (Å²) in [5.41, 5.74) is 1.67. The molecule has 110 valence electrons. The Balaban J connectivity index is 2.13. The number of benzene rings is 2. The standard InChI is InChI=1S/C14H12BrClN2O3/c1-21-14-7-10(3-5-12(14)16)17-8-9-2-4-11(15)13(6-9)18(19)20/h2-7,17H,8H2,1H3. The zero-order valence-corrected chi connectivity index (χ0v) is 13.4. The van der Waals surface area contributed by atoms with E-state index in [4.69, 9.17) is 16.3 Å². The van der Waals surface area contributed by atoms with Crippen LogP contribution in [0.4, 0.5) is 11.4 Å². The van der Waals surface area contributed by atoms with Gasteiger partial charge in [0, 0.05) is 24.4 Å². The van der Waals surface area contributed by atoms with E-state index in [1.54, 1.807) is 25.3 Å². The molecule has 0 bridgehead atoms. The fraction of sp³-hybridized carbons (Fsp3) is 0.143. The van der Waals surface area contributed by atoms with Gasteiger partial charge in [-0.1, -0.05) is 17.7 Å². The van der Waals surface area contributed by atoms with E-state index in [0.29, 0.717) is 21.8 Å². The van der Waals surface area contributed by atoms with Crippen LogP contribution < -0.4 is 10.1 Å². The molecule has 2 aromatic rings. The van der Waals surface area contributed by atoms with Gasteiger partial charge in [-0.15, -0.1) is 0 Å². The van der Waals surface area contributed by atoms with Crippen molar-refractivity contribution in [2.45, 2.75) is 6.54 Å². The highest BCUT2D eigenvalue weighted by molar-refractivity contribution is 9.10. The second-order valence-electron chi connectivity index (χ2n) is 4.25. The molecule has 0 radical (unpaired) electrons. The number of hydrogen-bond acceptors (Lipinski definition) is 4. The van der Waals surface area contributed by atoms with Gasteiger partial charge in [-0.25, -0.2) is 0 Å². The molecule has 0 fully saturated rings. The molecule has 0 unspecified atom stereocenters. The SMILES string of the molecule is COc1cc(NCc2ccc(Br)c([N+](=O)[O-])c2)ccc1Cl. The molecule has 0 atom stereocenters. The highest BCUT2D eigenvalue weighted by atomic mass is 79.9. The van der Waals surface area contributed by atoms with Crippen molar-refractivity contribution in [3.63, 3.8) is 0 Å². The van der Waals surface area contributed by atoms with Gasteiger partial charge in [-0.05, 0) is 39.7 Å². The van der Waals surface area contributed by atoms with Crippen molar-refractivity contribution in [2.75, 3.05) is 12.4 Å². The Hall–Kier alpha value is -1.79. The second kappa shape index (κ2) is 6.78. The Morgan fingerprint density at radius 2 is 2.10 bits per heavy atom. The summed E-state index contributed by atoms with van der Waals surface area (Å²) in [5.74, 6) is 0.573. The molecule has 5 nitrogen and oxygen atoms in total. The Labute approximate surface area is 135 Å². The number of methoxy groups -OCH3 is 1. The zero-order chi connectivity index (χ0) is 15.4. The van der Waals surface area contributed by atoms with Crippen LogP contribution in [-0.2, 0) is 6.54 Å². The lowest BCUT2D eigenvalue weighted by atomic mass is 10.2. The molecular weight excluding hydrogens is 360 g/mol. The zero-order valence-electron chi connectivity index (χ0n) is 11.1. The first-order valence-electron chi connectivity index (χ1n) is 6.01. The lowest BCUT2D eigenvalue weighted by Crippen LogP contribution is -2.01. The topological polar surface area (TPSA) is 64.4 Å². The second-order valence-corrected chi connectivity index (χ2v) is 5.51. The van der Waals surface area contributed by atoms with Gasteiger partial charge < -0.3 is 10.1 Å². The smallest absolute Gasteiger partial charge is 0.283 e. The fourth-order valence-corrected chi connectivity index (χ4v) is 2.37. The summed E-state index contributed by atoms with van der Waals surface area (Å²) in [5, 5.41) is 14.6. The van der Waals surface area contributed by atoms with Gasteiger partial charge in [-0.2, -0.15) is 0 Å². The van der Waals surface area contributed by atoms with Crippen LogP contribution in [0, 0.1) is 10.1 Å². The van der Waals surface area contributed by atoms with Gasteiger partial charge in [0.15, 0.2) is 0 Å². The Morgan fingerprint density at radius 3 is 2.76 bits per heavy atom. The monoisotopic (exact) mass is 370 g/mol. The fourth-order valence-electron chi connectivity index (χ4n) is 1.78. The molecule has 2 rings (SSSR count). The third-order valence-corrected chi connectivity index (χ3v) is 3.84. The van der Waals surface area contributed by atoms with Gasteiger partial charge in [0.1, 0.15) is 5.75 Å². The summed E-state index contributed by atoms with van der Waals surface area (Å²) >= 11 is 9.11. The molecule has 0 aromatic heterocycles. The lowest BCUT2D eigenvalue weighted by molar-refractivity contribution is -0.385. The van der Waals surface area contributed by atoms with Crippen LogP contribution in [0.15, 0.2) is 40.9 Å². The van der Waals surface area contributed by atoms with Crippen molar-refractivity contribution in [3.05, 3.63) is 61.6 Å². The van der Waals surface area contributed by atoms with Crippen molar-refractivity contribution < 1.29 is 9.66 Å². The average molecular weight is 372 g/mol. The first-order chi connectivity index (χ1) is 10.0. The number of hydrogen-bond donors (Lipinski definition) is 1. The maximum Gasteiger partial charge on any atom is 0.283 e. The molecule has 0 aliphatic heterocycles. The van der Waals surface area contributed by atoms with E-state index in [0.717, 1.165) is 11.3 Å². The van der Waals surface area contributed by atoms with Crippen LogP contribution >= 0.6 is 27.5 Å². The number of rotatable bonds is 5. The number of nitro benzene ring substituents is 1. The summed E-state index contributed by atoms with van der Waals surface area (Å²) in [6, 6.07) is 10.3. The summed E-state index contributed by atoms with van der Waals surface area (Å²) < 4.78 is 5.60. The molecule has 0 aliphatic rings. The van der Waals surface area contributed by atoms with Crippen LogP contribution in [0.1, 0.15) is 5.56 Å². The summed E-state index contributed by atoms with van der Waals surface area (Å²) in [6.07, 6.45) is 0. The maximum atomic E-state index is 10.9. The largest absolute Gasteiger partial charge is 0.495 e. The number of nitrogens with zero attached hydrogens (tertiary/aromatic N) is 1. The predicted octanol–water partition coefficient (Wildman–Crippen LogP) is 4.63. The van der Waals surface area contributed by atoms with Crippen LogP contribution in [0.5, 0.6) is 5.75 Å². The molecule has 0 aliphatic carbocycles. The Morgan fingerprint density at radius 1 is 1.33 bits per heavy atom. The van der Waals surface area contributed by atoms with E-state index in [2.05, 4.69) is 21.2 Å². The minimum atomic E-state index is -0.418. The van der Waals surface area contributed by atoms with Crippen molar-refractivity contribution >= 4 is 38.9 Å². The van der Waals surface area contributed by atoms with Crippen LogP contribution in [0.3, 0.4) is 0 Å². The average Bonchev–Trinajstić information content (AvgIpc) is 2.47. The van der Waals surface area contributed by atoms with Crippen LogP contribution in [0.2, 0.25) is 5.02 Å². The van der Waals surface area contributed by atoms with Gasteiger partial charge in [0.2, 0.25) is 0 Å². The summed E-state index contributed by atoms with van der Waals surface area (Å²) in [4.78, 5) is 10.5. The number of nitrogens with one attached hydrogen (secondary N) is 1. The first-order valence-corrected chi connectivity index (χ1v) is 7.18. The quantitative estimate of drug-likeness (QED) is 0.614. The molecule has 0 saturated carbocycles. The number of nitro groups is 1. The van der Waals surface area contributed by atoms with Gasteiger partial charge in [0.05, 0.1) is 21.5 Å². The first kappa shape index (κ1) is 15.6. The van der Waals surface area contributed by atoms with Gasteiger partial charge in [-0.3, -0.25) is 10.1 Å². The van der Waals surface area contributed by atoms with Crippen LogP contribution in [-0.4, -0.2) is 12.0 Å².